The van der Waals surface area contributed by atoms with Gasteiger partial charge in [0.1, 0.15) is 5.82 Å². The Kier molecular flexibility index (Phi) is 5.21. The van der Waals surface area contributed by atoms with Crippen molar-refractivity contribution in [1.29, 1.82) is 5.26 Å². The lowest BCUT2D eigenvalue weighted by Gasteiger charge is -2.60. The van der Waals surface area contributed by atoms with Crippen molar-refractivity contribution in [2.24, 2.45) is 17.3 Å². The minimum atomic E-state index is -0.191. The fourth-order valence-electron chi connectivity index (χ4n) is 6.14. The van der Waals surface area contributed by atoms with Crippen LogP contribution in [0.1, 0.15) is 56.1 Å². The smallest absolute Gasteiger partial charge is 0.123 e. The minimum Gasteiger partial charge on any atom is -0.359 e. The first-order chi connectivity index (χ1) is 15.5. The standard InChI is InChI=1S/C28H28FN3/c1-3-24(18(2)32-23-7-4-19(17-30)5-8-23)20-13-28(14-20)15-21(16-28)25-10-11-31-27-9-6-22(29)12-26(25)27/h4-12,20-21,24,32H,2-3,13-16H2,1H3. The fourth-order valence-corrected chi connectivity index (χ4v) is 6.14. The van der Waals surface area contributed by atoms with Crippen LogP contribution in [-0.4, -0.2) is 4.98 Å². The summed E-state index contributed by atoms with van der Waals surface area (Å²) in [4.78, 5) is 4.40. The molecule has 2 aliphatic carbocycles. The molecule has 4 heteroatoms. The maximum absolute atomic E-state index is 13.8. The average molecular weight is 426 g/mol. The first-order valence-electron chi connectivity index (χ1n) is 11.5. The molecule has 0 radical (unpaired) electrons. The molecule has 5 rings (SSSR count). The van der Waals surface area contributed by atoms with Crippen molar-refractivity contribution in [3.63, 3.8) is 0 Å². The topological polar surface area (TPSA) is 48.7 Å². The molecule has 2 fully saturated rings. The highest BCUT2D eigenvalue weighted by Gasteiger charge is 2.54. The summed E-state index contributed by atoms with van der Waals surface area (Å²) in [6.07, 6.45) is 7.79. The number of hydrogen-bond donors (Lipinski definition) is 1. The van der Waals surface area contributed by atoms with E-state index >= 15 is 0 Å². The third-order valence-electron chi connectivity index (χ3n) is 7.70. The molecule has 1 unspecified atom stereocenters. The van der Waals surface area contributed by atoms with Crippen LogP contribution in [-0.2, 0) is 0 Å². The normalized spacial score (nSPS) is 24.9. The van der Waals surface area contributed by atoms with Crippen LogP contribution in [0.25, 0.3) is 10.9 Å². The van der Waals surface area contributed by atoms with Crippen LogP contribution in [0.4, 0.5) is 10.1 Å². The predicted molar refractivity (Wildman–Crippen MR) is 127 cm³/mol. The third-order valence-corrected chi connectivity index (χ3v) is 7.70. The first kappa shape index (κ1) is 20.7. The summed E-state index contributed by atoms with van der Waals surface area (Å²) >= 11 is 0. The molecule has 1 N–H and O–H groups in total. The van der Waals surface area contributed by atoms with Crippen LogP contribution in [0.15, 0.2) is 67.0 Å². The van der Waals surface area contributed by atoms with Crippen LogP contribution in [0.2, 0.25) is 0 Å². The van der Waals surface area contributed by atoms with E-state index in [0.29, 0.717) is 28.7 Å². The number of pyridine rings is 1. The molecule has 1 atom stereocenters. The lowest BCUT2D eigenvalue weighted by atomic mass is 9.45. The summed E-state index contributed by atoms with van der Waals surface area (Å²) in [6, 6.07) is 16.7. The fraction of sp³-hybridized carbons (Fsp3) is 0.357. The van der Waals surface area contributed by atoms with Crippen LogP contribution < -0.4 is 5.32 Å². The van der Waals surface area contributed by atoms with Crippen molar-refractivity contribution in [2.75, 3.05) is 5.32 Å². The maximum atomic E-state index is 13.8. The molecule has 1 heterocycles. The Morgan fingerprint density at radius 2 is 1.94 bits per heavy atom. The van der Waals surface area contributed by atoms with E-state index in [-0.39, 0.29) is 5.82 Å². The second-order valence-electron chi connectivity index (χ2n) is 9.69. The lowest BCUT2D eigenvalue weighted by Crippen LogP contribution is -2.49. The Labute approximate surface area is 189 Å². The van der Waals surface area contributed by atoms with Gasteiger partial charge in [-0.2, -0.15) is 5.26 Å². The number of hydrogen-bond acceptors (Lipinski definition) is 3. The van der Waals surface area contributed by atoms with Gasteiger partial charge in [0.25, 0.3) is 0 Å². The van der Waals surface area contributed by atoms with Crippen molar-refractivity contribution < 1.29 is 4.39 Å². The molecular formula is C28H28FN3. The second kappa shape index (κ2) is 8.06. The maximum Gasteiger partial charge on any atom is 0.123 e. The zero-order valence-corrected chi connectivity index (χ0v) is 18.4. The van der Waals surface area contributed by atoms with E-state index in [2.05, 4.69) is 35.9 Å². The summed E-state index contributed by atoms with van der Waals surface area (Å²) in [5, 5.41) is 13.4. The lowest BCUT2D eigenvalue weighted by molar-refractivity contribution is -0.0587. The quantitative estimate of drug-likeness (QED) is 0.455. The van der Waals surface area contributed by atoms with E-state index in [0.717, 1.165) is 28.7 Å². The van der Waals surface area contributed by atoms with E-state index < -0.39 is 0 Å². The van der Waals surface area contributed by atoms with Crippen LogP contribution in [0, 0.1) is 34.4 Å². The van der Waals surface area contributed by atoms with Crippen LogP contribution in [0.3, 0.4) is 0 Å². The van der Waals surface area contributed by atoms with Crippen molar-refractivity contribution in [3.8, 4) is 6.07 Å². The van der Waals surface area contributed by atoms with Gasteiger partial charge in [-0.25, -0.2) is 4.39 Å². The number of halogens is 1. The van der Waals surface area contributed by atoms with Crippen molar-refractivity contribution in [2.45, 2.75) is 44.9 Å². The molecule has 0 aliphatic heterocycles. The molecule has 1 spiro atoms. The number of benzene rings is 2. The third kappa shape index (κ3) is 3.66. The zero-order valence-electron chi connectivity index (χ0n) is 18.4. The zero-order chi connectivity index (χ0) is 22.3. The van der Waals surface area contributed by atoms with Crippen molar-refractivity contribution >= 4 is 16.6 Å². The number of aromatic nitrogens is 1. The molecule has 2 aliphatic rings. The van der Waals surface area contributed by atoms with Crippen molar-refractivity contribution in [1.82, 2.24) is 4.98 Å². The Hall–Kier alpha value is -3.19. The Bertz CT molecular complexity index is 1190. The van der Waals surface area contributed by atoms with Gasteiger partial charge in [-0.3, -0.25) is 4.98 Å². The molecule has 162 valence electrons. The Morgan fingerprint density at radius 3 is 2.62 bits per heavy atom. The largest absolute Gasteiger partial charge is 0.359 e. The molecular weight excluding hydrogens is 397 g/mol. The highest BCUT2D eigenvalue weighted by Crippen LogP contribution is 2.66. The SMILES string of the molecule is C=C(Nc1ccc(C#N)cc1)C(CC)C1CC2(CC(c3ccnc4ccc(F)cc34)C2)C1. The molecule has 2 saturated carbocycles. The number of anilines is 1. The van der Waals surface area contributed by atoms with Gasteiger partial charge in [0.05, 0.1) is 17.1 Å². The summed E-state index contributed by atoms with van der Waals surface area (Å²) in [6.45, 7) is 6.58. The van der Waals surface area contributed by atoms with Crippen LogP contribution in [0.5, 0.6) is 0 Å². The minimum absolute atomic E-state index is 0.191. The van der Waals surface area contributed by atoms with E-state index in [4.69, 9.17) is 5.26 Å². The summed E-state index contributed by atoms with van der Waals surface area (Å²) in [7, 11) is 0. The Balaban J connectivity index is 1.21. The molecule has 1 aromatic heterocycles. The molecule has 32 heavy (non-hydrogen) atoms. The molecule has 0 saturated heterocycles. The van der Waals surface area contributed by atoms with E-state index in [1.165, 1.54) is 37.3 Å². The molecule has 3 nitrogen and oxygen atoms in total. The van der Waals surface area contributed by atoms with Gasteiger partial charge in [0.2, 0.25) is 0 Å². The van der Waals surface area contributed by atoms with E-state index in [9.17, 15) is 4.39 Å². The van der Waals surface area contributed by atoms with Gasteiger partial charge in [-0.1, -0.05) is 13.5 Å². The van der Waals surface area contributed by atoms with Gasteiger partial charge >= 0.3 is 0 Å². The highest BCUT2D eigenvalue weighted by molar-refractivity contribution is 5.82. The van der Waals surface area contributed by atoms with Crippen molar-refractivity contribution in [3.05, 3.63) is 83.9 Å². The summed E-state index contributed by atoms with van der Waals surface area (Å²) in [5.41, 5.74) is 5.31. The molecule has 3 aromatic rings. The number of nitriles is 1. The van der Waals surface area contributed by atoms with Gasteiger partial charge in [-0.15, -0.1) is 0 Å². The Morgan fingerprint density at radius 1 is 1.19 bits per heavy atom. The van der Waals surface area contributed by atoms with Gasteiger partial charge in [-0.05, 0) is 103 Å². The summed E-state index contributed by atoms with van der Waals surface area (Å²) in [5.74, 6) is 1.42. The predicted octanol–water partition coefficient (Wildman–Crippen LogP) is 7.17. The van der Waals surface area contributed by atoms with E-state index in [1.54, 1.807) is 12.1 Å². The van der Waals surface area contributed by atoms with Gasteiger partial charge in [0.15, 0.2) is 0 Å². The van der Waals surface area contributed by atoms with Crippen LogP contribution >= 0.6 is 0 Å². The molecule has 0 bridgehead atoms. The summed E-state index contributed by atoms with van der Waals surface area (Å²) < 4.78 is 13.8. The average Bonchev–Trinajstić information content (AvgIpc) is 2.74. The number of rotatable bonds is 6. The van der Waals surface area contributed by atoms with Gasteiger partial charge in [0, 0.05) is 28.9 Å². The monoisotopic (exact) mass is 425 g/mol. The second-order valence-corrected chi connectivity index (χ2v) is 9.69. The van der Waals surface area contributed by atoms with Gasteiger partial charge < -0.3 is 5.32 Å². The number of fused-ring (bicyclic) bond motifs is 1. The number of nitrogens with one attached hydrogen (secondary N) is 1. The first-order valence-corrected chi connectivity index (χ1v) is 11.5. The number of nitrogens with zero attached hydrogens (tertiary/aromatic N) is 2. The highest BCUT2D eigenvalue weighted by atomic mass is 19.1. The number of allylic oxidation sites excluding steroid dienone is 1. The van der Waals surface area contributed by atoms with E-state index in [1.807, 2.05) is 30.5 Å². The molecule has 0 amide bonds. The molecule has 2 aromatic carbocycles.